The summed E-state index contributed by atoms with van der Waals surface area (Å²) in [6, 6.07) is 3.16. The van der Waals surface area contributed by atoms with Gasteiger partial charge in [0.25, 0.3) is 5.69 Å². The molecule has 0 saturated carbocycles. The first-order chi connectivity index (χ1) is 11.1. The fraction of sp³-hybridized carbons (Fsp3) is 0.600. The third kappa shape index (κ3) is 3.74. The zero-order valence-corrected chi connectivity index (χ0v) is 13.7. The van der Waals surface area contributed by atoms with Gasteiger partial charge in [-0.15, -0.1) is 0 Å². The molecular formula is C15H20N4O3S. The number of carbonyl (C=O) groups excluding carboxylic acids is 1. The summed E-state index contributed by atoms with van der Waals surface area (Å²) in [6.45, 7) is 3.27. The zero-order valence-electron chi connectivity index (χ0n) is 12.9. The molecule has 3 rings (SSSR count). The maximum Gasteiger partial charge on any atom is 0.287 e. The number of nitro groups is 1. The number of nitrogens with zero attached hydrogens (tertiary/aromatic N) is 4. The lowest BCUT2D eigenvalue weighted by molar-refractivity contribution is -0.385. The summed E-state index contributed by atoms with van der Waals surface area (Å²) in [5.41, 5.74) is 0.00165. The van der Waals surface area contributed by atoms with Crippen molar-refractivity contribution in [2.45, 2.75) is 12.8 Å². The van der Waals surface area contributed by atoms with Gasteiger partial charge in [0.05, 0.1) is 4.92 Å². The van der Waals surface area contributed by atoms with Crippen LogP contribution in [0.2, 0.25) is 0 Å². The van der Waals surface area contributed by atoms with Crippen LogP contribution in [-0.2, 0) is 4.79 Å². The van der Waals surface area contributed by atoms with Crippen molar-refractivity contribution >= 4 is 29.2 Å². The second kappa shape index (κ2) is 7.16. The van der Waals surface area contributed by atoms with Gasteiger partial charge in [0.1, 0.15) is 12.0 Å². The van der Waals surface area contributed by atoms with Gasteiger partial charge in [0.2, 0.25) is 5.91 Å². The second-order valence-electron chi connectivity index (χ2n) is 5.83. The molecule has 2 fully saturated rings. The predicted molar refractivity (Wildman–Crippen MR) is 89.7 cm³/mol. The number of rotatable bonds is 3. The molecule has 0 N–H and O–H groups in total. The largest absolute Gasteiger partial charge is 0.357 e. The Kier molecular flexibility index (Phi) is 5.00. The van der Waals surface area contributed by atoms with Crippen LogP contribution in [0.15, 0.2) is 18.3 Å². The minimum Gasteiger partial charge on any atom is -0.357 e. The SMILES string of the molecule is O=C(C1CCN(c2ccc([N+](=O)[O-])cn2)CC1)N1CCSCC1. The van der Waals surface area contributed by atoms with Crippen LogP contribution in [0.25, 0.3) is 0 Å². The van der Waals surface area contributed by atoms with Gasteiger partial charge in [-0.3, -0.25) is 14.9 Å². The fourth-order valence-electron chi connectivity index (χ4n) is 3.07. The molecule has 1 aromatic heterocycles. The Balaban J connectivity index is 1.55. The van der Waals surface area contributed by atoms with Gasteiger partial charge < -0.3 is 9.80 Å². The smallest absolute Gasteiger partial charge is 0.287 e. The van der Waals surface area contributed by atoms with E-state index < -0.39 is 4.92 Å². The lowest BCUT2D eigenvalue weighted by Crippen LogP contribution is -2.45. The number of aromatic nitrogens is 1. The van der Waals surface area contributed by atoms with Crippen LogP contribution in [-0.4, -0.2) is 58.4 Å². The molecule has 0 spiro atoms. The molecule has 8 heteroatoms. The van der Waals surface area contributed by atoms with E-state index in [1.807, 2.05) is 16.7 Å². The van der Waals surface area contributed by atoms with Gasteiger partial charge in [-0.1, -0.05) is 0 Å². The number of carbonyl (C=O) groups is 1. The standard InChI is InChI=1S/C15H20N4O3S/c20-15(18-7-9-23-10-8-18)12-3-5-17(6-4-12)14-2-1-13(11-16-14)19(21)22/h1-2,11-12H,3-10H2. The molecule has 2 saturated heterocycles. The van der Waals surface area contributed by atoms with Crippen molar-refractivity contribution < 1.29 is 9.72 Å². The van der Waals surface area contributed by atoms with Crippen molar-refractivity contribution in [3.05, 3.63) is 28.4 Å². The summed E-state index contributed by atoms with van der Waals surface area (Å²) < 4.78 is 0. The Labute approximate surface area is 139 Å². The van der Waals surface area contributed by atoms with Crippen molar-refractivity contribution in [3.63, 3.8) is 0 Å². The number of anilines is 1. The average molecular weight is 336 g/mol. The first-order valence-electron chi connectivity index (χ1n) is 7.87. The highest BCUT2D eigenvalue weighted by Crippen LogP contribution is 2.25. The highest BCUT2D eigenvalue weighted by Gasteiger charge is 2.29. The van der Waals surface area contributed by atoms with E-state index in [2.05, 4.69) is 9.88 Å². The molecule has 23 heavy (non-hydrogen) atoms. The van der Waals surface area contributed by atoms with Crippen LogP contribution in [0.3, 0.4) is 0 Å². The van der Waals surface area contributed by atoms with Gasteiger partial charge >= 0.3 is 0 Å². The summed E-state index contributed by atoms with van der Waals surface area (Å²) >= 11 is 1.91. The number of amides is 1. The molecule has 2 aliphatic rings. The number of hydrogen-bond acceptors (Lipinski definition) is 6. The van der Waals surface area contributed by atoms with E-state index in [1.54, 1.807) is 6.07 Å². The Morgan fingerprint density at radius 1 is 1.22 bits per heavy atom. The van der Waals surface area contributed by atoms with E-state index >= 15 is 0 Å². The van der Waals surface area contributed by atoms with E-state index in [1.165, 1.54) is 12.3 Å². The molecule has 0 aliphatic carbocycles. The highest BCUT2D eigenvalue weighted by atomic mass is 32.2. The molecule has 124 valence electrons. The average Bonchev–Trinajstić information content (AvgIpc) is 2.62. The van der Waals surface area contributed by atoms with E-state index in [0.717, 1.165) is 56.3 Å². The minimum absolute atomic E-state index is 0.00165. The zero-order chi connectivity index (χ0) is 16.2. The monoisotopic (exact) mass is 336 g/mol. The van der Waals surface area contributed by atoms with E-state index in [-0.39, 0.29) is 11.6 Å². The van der Waals surface area contributed by atoms with Crippen molar-refractivity contribution in [2.75, 3.05) is 42.6 Å². The van der Waals surface area contributed by atoms with Gasteiger partial charge in [-0.25, -0.2) is 4.98 Å². The van der Waals surface area contributed by atoms with Gasteiger partial charge in [-0.2, -0.15) is 11.8 Å². The number of thioether (sulfide) groups is 1. The van der Waals surface area contributed by atoms with Crippen molar-refractivity contribution in [1.29, 1.82) is 0 Å². The first kappa shape index (κ1) is 16.0. The van der Waals surface area contributed by atoms with Crippen LogP contribution in [0.1, 0.15) is 12.8 Å². The van der Waals surface area contributed by atoms with E-state index in [0.29, 0.717) is 5.91 Å². The molecule has 0 bridgehead atoms. The molecule has 1 aromatic rings. The van der Waals surface area contributed by atoms with Crippen molar-refractivity contribution in [2.24, 2.45) is 5.92 Å². The third-order valence-corrected chi connectivity index (χ3v) is 5.38. The molecule has 0 aromatic carbocycles. The van der Waals surface area contributed by atoms with Crippen LogP contribution >= 0.6 is 11.8 Å². The van der Waals surface area contributed by atoms with Gasteiger partial charge in [0, 0.05) is 49.7 Å². The second-order valence-corrected chi connectivity index (χ2v) is 7.06. The third-order valence-electron chi connectivity index (χ3n) is 4.43. The summed E-state index contributed by atoms with van der Waals surface area (Å²) in [6.07, 6.45) is 2.93. The first-order valence-corrected chi connectivity index (χ1v) is 9.02. The van der Waals surface area contributed by atoms with Crippen molar-refractivity contribution in [1.82, 2.24) is 9.88 Å². The lowest BCUT2D eigenvalue weighted by atomic mass is 9.95. The molecule has 7 nitrogen and oxygen atoms in total. The van der Waals surface area contributed by atoms with Gasteiger partial charge in [0.15, 0.2) is 0 Å². The topological polar surface area (TPSA) is 79.6 Å². The Bertz CT molecular complexity index is 567. The van der Waals surface area contributed by atoms with E-state index in [9.17, 15) is 14.9 Å². The minimum atomic E-state index is -0.446. The van der Waals surface area contributed by atoms with Crippen LogP contribution in [0.5, 0.6) is 0 Å². The lowest BCUT2D eigenvalue weighted by Gasteiger charge is -2.35. The number of pyridine rings is 1. The molecule has 1 amide bonds. The Morgan fingerprint density at radius 3 is 2.48 bits per heavy atom. The highest BCUT2D eigenvalue weighted by molar-refractivity contribution is 7.99. The summed E-state index contributed by atoms with van der Waals surface area (Å²) in [7, 11) is 0. The molecular weight excluding hydrogens is 316 g/mol. The molecule has 0 radical (unpaired) electrons. The van der Waals surface area contributed by atoms with Crippen LogP contribution in [0.4, 0.5) is 11.5 Å². The quantitative estimate of drug-likeness (QED) is 0.618. The number of hydrogen-bond donors (Lipinski definition) is 0. The van der Waals surface area contributed by atoms with Gasteiger partial charge in [-0.05, 0) is 18.9 Å². The van der Waals surface area contributed by atoms with Crippen LogP contribution in [0, 0.1) is 16.0 Å². The predicted octanol–water partition coefficient (Wildman–Crippen LogP) is 1.78. The van der Waals surface area contributed by atoms with Crippen LogP contribution < -0.4 is 4.90 Å². The Hall–Kier alpha value is -1.83. The number of piperidine rings is 1. The maximum absolute atomic E-state index is 12.5. The normalized spacial score (nSPS) is 19.7. The Morgan fingerprint density at radius 2 is 1.91 bits per heavy atom. The fourth-order valence-corrected chi connectivity index (χ4v) is 3.97. The molecule has 2 aliphatic heterocycles. The maximum atomic E-state index is 12.5. The summed E-state index contributed by atoms with van der Waals surface area (Å²) in [4.78, 5) is 31.0. The molecule has 3 heterocycles. The summed E-state index contributed by atoms with van der Waals surface area (Å²) in [5, 5.41) is 10.7. The van der Waals surface area contributed by atoms with E-state index in [4.69, 9.17) is 0 Å². The molecule has 0 unspecified atom stereocenters. The summed E-state index contributed by atoms with van der Waals surface area (Å²) in [5.74, 6) is 3.22. The molecule has 0 atom stereocenters. The van der Waals surface area contributed by atoms with Crippen molar-refractivity contribution in [3.8, 4) is 0 Å².